The largest absolute Gasteiger partial charge is 0.307 e. The Balaban J connectivity index is 3.08. The van der Waals surface area contributed by atoms with Gasteiger partial charge in [0.1, 0.15) is 5.82 Å². The Bertz CT molecular complexity index is 305. The summed E-state index contributed by atoms with van der Waals surface area (Å²) in [6, 6.07) is 4.81. The number of hydrogen-bond acceptors (Lipinski definition) is 1. The summed E-state index contributed by atoms with van der Waals surface area (Å²) < 4.78 is 14.3. The van der Waals surface area contributed by atoms with Crippen LogP contribution in [0.2, 0.25) is 0 Å². The number of halogens is 2. The first-order valence-electron chi connectivity index (χ1n) is 4.50. The lowest BCUT2D eigenvalue weighted by atomic mass is 10.1. The number of rotatable bonds is 4. The first kappa shape index (κ1) is 11.4. The molecule has 1 unspecified atom stereocenters. The van der Waals surface area contributed by atoms with E-state index in [-0.39, 0.29) is 11.9 Å². The van der Waals surface area contributed by atoms with Gasteiger partial charge in [-0.2, -0.15) is 0 Å². The summed E-state index contributed by atoms with van der Waals surface area (Å²) in [4.78, 5) is 0. The summed E-state index contributed by atoms with van der Waals surface area (Å²) in [6.45, 7) is 6.44. The molecule has 0 spiro atoms. The zero-order chi connectivity index (χ0) is 10.6. The zero-order valence-electron chi connectivity index (χ0n) is 8.06. The maximum atomic E-state index is 13.5. The van der Waals surface area contributed by atoms with Crippen LogP contribution in [0.4, 0.5) is 4.39 Å². The summed E-state index contributed by atoms with van der Waals surface area (Å²) in [5.41, 5.74) is 0.615. The molecule has 0 aliphatic carbocycles. The van der Waals surface area contributed by atoms with E-state index < -0.39 is 0 Å². The Morgan fingerprint density at radius 2 is 2.36 bits per heavy atom. The second kappa shape index (κ2) is 5.27. The fourth-order valence-electron chi connectivity index (χ4n) is 1.33. The first-order valence-corrected chi connectivity index (χ1v) is 5.29. The van der Waals surface area contributed by atoms with E-state index in [9.17, 15) is 4.39 Å². The molecule has 1 aromatic carbocycles. The Labute approximate surface area is 92.1 Å². The fourth-order valence-corrected chi connectivity index (χ4v) is 1.92. The quantitative estimate of drug-likeness (QED) is 0.816. The molecule has 0 aliphatic rings. The van der Waals surface area contributed by atoms with Crippen molar-refractivity contribution in [3.63, 3.8) is 0 Å². The highest BCUT2D eigenvalue weighted by molar-refractivity contribution is 9.10. The molecule has 1 N–H and O–H groups in total. The van der Waals surface area contributed by atoms with Crippen molar-refractivity contribution in [3.8, 4) is 0 Å². The maximum absolute atomic E-state index is 13.5. The van der Waals surface area contributed by atoms with Gasteiger partial charge in [0.15, 0.2) is 0 Å². The van der Waals surface area contributed by atoms with Gasteiger partial charge in [-0.25, -0.2) is 4.39 Å². The number of nitrogens with one attached hydrogen (secondary N) is 1. The minimum atomic E-state index is -0.217. The highest BCUT2D eigenvalue weighted by Crippen LogP contribution is 2.26. The van der Waals surface area contributed by atoms with Gasteiger partial charge >= 0.3 is 0 Å². The molecule has 14 heavy (non-hydrogen) atoms. The fraction of sp³-hybridized carbons (Fsp3) is 0.273. The van der Waals surface area contributed by atoms with Crippen molar-refractivity contribution in [2.45, 2.75) is 13.0 Å². The predicted molar refractivity (Wildman–Crippen MR) is 60.7 cm³/mol. The normalized spacial score (nSPS) is 12.5. The molecule has 0 aromatic heterocycles. The van der Waals surface area contributed by atoms with Crippen LogP contribution in [-0.4, -0.2) is 6.54 Å². The van der Waals surface area contributed by atoms with Crippen molar-refractivity contribution >= 4 is 15.9 Å². The van der Waals surface area contributed by atoms with E-state index in [0.29, 0.717) is 5.56 Å². The molecular weight excluding hydrogens is 245 g/mol. The third-order valence-electron chi connectivity index (χ3n) is 1.97. The SMILES string of the molecule is C=CC(NCC)c1c(F)cccc1Br. The van der Waals surface area contributed by atoms with Gasteiger partial charge in [0.2, 0.25) is 0 Å². The lowest BCUT2D eigenvalue weighted by Crippen LogP contribution is -2.20. The lowest BCUT2D eigenvalue weighted by molar-refractivity contribution is 0.565. The van der Waals surface area contributed by atoms with E-state index in [0.717, 1.165) is 11.0 Å². The highest BCUT2D eigenvalue weighted by Gasteiger charge is 2.14. The van der Waals surface area contributed by atoms with Crippen LogP contribution in [0.1, 0.15) is 18.5 Å². The zero-order valence-corrected chi connectivity index (χ0v) is 9.64. The molecule has 1 aromatic rings. The van der Waals surface area contributed by atoms with Gasteiger partial charge in [-0.05, 0) is 18.7 Å². The molecule has 0 radical (unpaired) electrons. The number of hydrogen-bond donors (Lipinski definition) is 1. The molecule has 0 bridgehead atoms. The molecule has 0 saturated carbocycles. The van der Waals surface area contributed by atoms with Gasteiger partial charge < -0.3 is 5.32 Å². The van der Waals surface area contributed by atoms with Gasteiger partial charge in [0.25, 0.3) is 0 Å². The number of benzene rings is 1. The highest BCUT2D eigenvalue weighted by atomic mass is 79.9. The van der Waals surface area contributed by atoms with Crippen molar-refractivity contribution in [2.75, 3.05) is 6.54 Å². The van der Waals surface area contributed by atoms with E-state index >= 15 is 0 Å². The van der Waals surface area contributed by atoms with Crippen LogP contribution in [0, 0.1) is 5.82 Å². The van der Waals surface area contributed by atoms with E-state index in [1.165, 1.54) is 6.07 Å². The standard InChI is InChI=1S/C11H13BrFN/c1-3-10(14-4-2)11-8(12)6-5-7-9(11)13/h3,5-7,10,14H,1,4H2,2H3. The second-order valence-corrected chi connectivity index (χ2v) is 3.76. The Morgan fingerprint density at radius 3 is 2.86 bits per heavy atom. The van der Waals surface area contributed by atoms with Crippen molar-refractivity contribution in [2.24, 2.45) is 0 Å². The van der Waals surface area contributed by atoms with E-state index in [2.05, 4.69) is 27.8 Å². The molecule has 3 heteroatoms. The van der Waals surface area contributed by atoms with E-state index in [4.69, 9.17) is 0 Å². The summed E-state index contributed by atoms with van der Waals surface area (Å²) in [6.07, 6.45) is 1.70. The monoisotopic (exact) mass is 257 g/mol. The van der Waals surface area contributed by atoms with Gasteiger partial charge in [0.05, 0.1) is 6.04 Å². The lowest BCUT2D eigenvalue weighted by Gasteiger charge is -2.16. The Hall–Kier alpha value is -0.670. The van der Waals surface area contributed by atoms with Crippen molar-refractivity contribution in [1.29, 1.82) is 0 Å². The van der Waals surface area contributed by atoms with Crippen LogP contribution < -0.4 is 5.32 Å². The molecule has 1 atom stereocenters. The second-order valence-electron chi connectivity index (χ2n) is 2.91. The minimum absolute atomic E-state index is 0.143. The van der Waals surface area contributed by atoms with Crippen LogP contribution in [0.15, 0.2) is 35.3 Å². The van der Waals surface area contributed by atoms with E-state index in [1.54, 1.807) is 12.1 Å². The Morgan fingerprint density at radius 1 is 1.64 bits per heavy atom. The van der Waals surface area contributed by atoms with Gasteiger partial charge in [0, 0.05) is 10.0 Å². The van der Waals surface area contributed by atoms with Gasteiger partial charge in [-0.3, -0.25) is 0 Å². The summed E-state index contributed by atoms with van der Waals surface area (Å²) in [5.74, 6) is -0.217. The Kier molecular flexibility index (Phi) is 4.29. The predicted octanol–water partition coefficient (Wildman–Crippen LogP) is 3.42. The summed E-state index contributed by atoms with van der Waals surface area (Å²) in [7, 11) is 0. The van der Waals surface area contributed by atoms with E-state index in [1.807, 2.05) is 13.0 Å². The van der Waals surface area contributed by atoms with Gasteiger partial charge in [-0.15, -0.1) is 6.58 Å². The average Bonchev–Trinajstić information content (AvgIpc) is 2.16. The van der Waals surface area contributed by atoms with Crippen LogP contribution in [-0.2, 0) is 0 Å². The van der Waals surface area contributed by atoms with Crippen molar-refractivity contribution in [1.82, 2.24) is 5.32 Å². The molecule has 0 saturated heterocycles. The molecule has 0 aliphatic heterocycles. The maximum Gasteiger partial charge on any atom is 0.129 e. The third kappa shape index (κ3) is 2.42. The molecule has 1 nitrogen and oxygen atoms in total. The molecule has 0 fully saturated rings. The first-order chi connectivity index (χ1) is 6.70. The average molecular weight is 258 g/mol. The smallest absolute Gasteiger partial charge is 0.129 e. The summed E-state index contributed by atoms with van der Waals surface area (Å²) >= 11 is 3.33. The van der Waals surface area contributed by atoms with Crippen LogP contribution in [0.3, 0.4) is 0 Å². The van der Waals surface area contributed by atoms with Crippen LogP contribution in [0.25, 0.3) is 0 Å². The molecule has 0 heterocycles. The summed E-state index contributed by atoms with van der Waals surface area (Å²) in [5, 5.41) is 3.14. The molecule has 76 valence electrons. The third-order valence-corrected chi connectivity index (χ3v) is 2.66. The van der Waals surface area contributed by atoms with Gasteiger partial charge in [-0.1, -0.05) is 35.0 Å². The molecule has 1 rings (SSSR count). The minimum Gasteiger partial charge on any atom is -0.307 e. The molecule has 0 amide bonds. The molecular formula is C11H13BrFN. The van der Waals surface area contributed by atoms with Crippen LogP contribution in [0.5, 0.6) is 0 Å². The van der Waals surface area contributed by atoms with Crippen molar-refractivity contribution in [3.05, 3.63) is 46.7 Å². The topological polar surface area (TPSA) is 12.0 Å². The number of likely N-dealkylation sites (N-methyl/N-ethyl adjacent to an activating group) is 1. The van der Waals surface area contributed by atoms with Crippen LogP contribution >= 0.6 is 15.9 Å². The van der Waals surface area contributed by atoms with Crippen molar-refractivity contribution < 1.29 is 4.39 Å².